The summed E-state index contributed by atoms with van der Waals surface area (Å²) in [7, 11) is -1.38. The van der Waals surface area contributed by atoms with Gasteiger partial charge in [-0.3, -0.25) is 9.67 Å². The topological polar surface area (TPSA) is 79.6 Å². The molecule has 0 spiro atoms. The summed E-state index contributed by atoms with van der Waals surface area (Å²) >= 11 is 0. The van der Waals surface area contributed by atoms with Gasteiger partial charge in [-0.25, -0.2) is 8.42 Å². The highest BCUT2D eigenvalue weighted by atomic mass is 32.2. The van der Waals surface area contributed by atoms with Crippen LogP contribution in [0.4, 0.5) is 0 Å². The fourth-order valence-electron chi connectivity index (χ4n) is 3.32. The van der Waals surface area contributed by atoms with Crippen molar-refractivity contribution in [3.05, 3.63) is 48.3 Å². The number of guanidine groups is 1. The van der Waals surface area contributed by atoms with Crippen LogP contribution in [0.2, 0.25) is 0 Å². The molecule has 1 fully saturated rings. The van der Waals surface area contributed by atoms with Crippen LogP contribution in [0, 0.1) is 0 Å². The molecule has 3 rings (SSSR count). The van der Waals surface area contributed by atoms with Gasteiger partial charge in [-0.1, -0.05) is 18.2 Å². The molecule has 1 aliphatic heterocycles. The predicted octanol–water partition coefficient (Wildman–Crippen LogP) is 1.65. The lowest BCUT2D eigenvalue weighted by atomic mass is 10.0. The van der Waals surface area contributed by atoms with Gasteiger partial charge in [0.25, 0.3) is 0 Å². The number of sulfone groups is 1. The number of aromatic nitrogens is 2. The Morgan fingerprint density at radius 3 is 2.78 bits per heavy atom. The maximum absolute atomic E-state index is 12.4. The second-order valence-corrected chi connectivity index (χ2v) is 8.86. The van der Waals surface area contributed by atoms with Gasteiger partial charge in [0, 0.05) is 38.8 Å². The lowest BCUT2D eigenvalue weighted by molar-refractivity contribution is 0.486. The van der Waals surface area contributed by atoms with Gasteiger partial charge in [0.1, 0.15) is 0 Å². The maximum atomic E-state index is 12.4. The molecule has 1 unspecified atom stereocenters. The van der Waals surface area contributed by atoms with Gasteiger partial charge < -0.3 is 10.2 Å². The molecule has 2 heterocycles. The van der Waals surface area contributed by atoms with Crippen LogP contribution in [0.25, 0.3) is 0 Å². The van der Waals surface area contributed by atoms with Gasteiger partial charge >= 0.3 is 0 Å². The Labute approximate surface area is 161 Å². The molecule has 0 radical (unpaired) electrons. The van der Waals surface area contributed by atoms with E-state index >= 15 is 0 Å². The third kappa shape index (κ3) is 4.88. The van der Waals surface area contributed by atoms with Crippen molar-refractivity contribution >= 4 is 15.8 Å². The maximum Gasteiger partial charge on any atom is 0.193 e. The van der Waals surface area contributed by atoms with Gasteiger partial charge in [0.05, 0.1) is 23.4 Å². The highest BCUT2D eigenvalue weighted by Gasteiger charge is 2.27. The number of nitrogens with zero attached hydrogens (tertiary/aromatic N) is 4. The van der Waals surface area contributed by atoms with E-state index in [0.29, 0.717) is 10.8 Å². The molecule has 7 nitrogen and oxygen atoms in total. The van der Waals surface area contributed by atoms with E-state index in [-0.39, 0.29) is 12.3 Å². The van der Waals surface area contributed by atoms with Crippen LogP contribution in [-0.2, 0) is 16.9 Å². The number of aryl methyl sites for hydroxylation is 1. The Balaban J connectivity index is 1.63. The summed E-state index contributed by atoms with van der Waals surface area (Å²) in [6.07, 6.45) is 5.02. The zero-order valence-corrected chi connectivity index (χ0v) is 16.7. The zero-order chi connectivity index (χ0) is 19.3. The zero-order valence-electron chi connectivity index (χ0n) is 15.9. The fourth-order valence-corrected chi connectivity index (χ4v) is 4.46. The quantitative estimate of drug-likeness (QED) is 0.600. The largest absolute Gasteiger partial charge is 0.357 e. The van der Waals surface area contributed by atoms with Gasteiger partial charge in [-0.05, 0) is 31.0 Å². The summed E-state index contributed by atoms with van der Waals surface area (Å²) in [6, 6.07) is 8.55. The van der Waals surface area contributed by atoms with E-state index in [1.165, 1.54) is 5.56 Å². The summed E-state index contributed by atoms with van der Waals surface area (Å²) < 4.78 is 26.7. The van der Waals surface area contributed by atoms with E-state index in [1.54, 1.807) is 24.3 Å². The summed E-state index contributed by atoms with van der Waals surface area (Å²) in [5.74, 6) is 1.22. The van der Waals surface area contributed by atoms with E-state index in [9.17, 15) is 8.42 Å². The van der Waals surface area contributed by atoms with Gasteiger partial charge in [0.2, 0.25) is 0 Å². The Hall–Kier alpha value is -2.35. The first kappa shape index (κ1) is 19.4. The molecule has 1 aliphatic rings. The van der Waals surface area contributed by atoms with Crippen LogP contribution in [0.5, 0.6) is 0 Å². The number of nitrogens with one attached hydrogen (secondary N) is 1. The van der Waals surface area contributed by atoms with Crippen molar-refractivity contribution < 1.29 is 8.42 Å². The fraction of sp³-hybridized carbons (Fsp3) is 0.474. The predicted molar refractivity (Wildman–Crippen MR) is 107 cm³/mol. The first-order valence-corrected chi connectivity index (χ1v) is 10.9. The van der Waals surface area contributed by atoms with Crippen LogP contribution < -0.4 is 5.32 Å². The third-order valence-corrected chi connectivity index (χ3v) is 6.45. The van der Waals surface area contributed by atoms with Crippen LogP contribution in [0.15, 0.2) is 52.6 Å². The molecular weight excluding hydrogens is 362 g/mol. The average Bonchev–Trinajstić information content (AvgIpc) is 3.31. The van der Waals surface area contributed by atoms with E-state index in [2.05, 4.69) is 26.5 Å². The van der Waals surface area contributed by atoms with Crippen molar-refractivity contribution in [2.24, 2.45) is 12.0 Å². The third-order valence-electron chi connectivity index (χ3n) is 4.74. The molecule has 1 aromatic heterocycles. The molecule has 1 N–H and O–H groups in total. The highest BCUT2D eigenvalue weighted by molar-refractivity contribution is 7.91. The molecule has 0 amide bonds. The summed E-state index contributed by atoms with van der Waals surface area (Å²) in [5.41, 5.74) is 1.24. The van der Waals surface area contributed by atoms with Crippen molar-refractivity contribution in [2.45, 2.75) is 24.2 Å². The lowest BCUT2D eigenvalue weighted by Gasteiger charge is -2.21. The number of hydrogen-bond donors (Lipinski definition) is 1. The molecule has 0 bridgehead atoms. The van der Waals surface area contributed by atoms with E-state index in [0.717, 1.165) is 32.0 Å². The SMILES string of the molecule is CCNC(=NCCS(=O)(=O)c1ccccc1)N1CCC(c2cnn(C)c2)C1. The summed E-state index contributed by atoms with van der Waals surface area (Å²) in [4.78, 5) is 7.13. The molecule has 27 heavy (non-hydrogen) atoms. The van der Waals surface area contributed by atoms with Crippen LogP contribution in [-0.4, -0.2) is 61.0 Å². The van der Waals surface area contributed by atoms with E-state index in [1.807, 2.05) is 30.9 Å². The molecule has 2 aromatic rings. The molecule has 1 saturated heterocycles. The Morgan fingerprint density at radius 1 is 1.33 bits per heavy atom. The van der Waals surface area contributed by atoms with Crippen molar-refractivity contribution in [3.63, 3.8) is 0 Å². The minimum absolute atomic E-state index is 0.00574. The first-order chi connectivity index (χ1) is 13.0. The van der Waals surface area contributed by atoms with Crippen LogP contribution in [0.1, 0.15) is 24.8 Å². The minimum Gasteiger partial charge on any atom is -0.357 e. The van der Waals surface area contributed by atoms with E-state index < -0.39 is 9.84 Å². The standard InChI is InChI=1S/C19H27N5O2S/c1-3-20-19(21-10-12-27(25,26)18-7-5-4-6-8-18)24-11-9-16(15-24)17-13-22-23(2)14-17/h4-8,13-14,16H,3,9-12,15H2,1-2H3,(H,20,21). The minimum atomic E-state index is -3.31. The van der Waals surface area contributed by atoms with Gasteiger partial charge in [-0.2, -0.15) is 5.10 Å². The molecule has 146 valence electrons. The first-order valence-electron chi connectivity index (χ1n) is 9.29. The normalized spacial score (nSPS) is 18.1. The summed E-state index contributed by atoms with van der Waals surface area (Å²) in [6.45, 7) is 4.77. The Morgan fingerprint density at radius 2 is 2.11 bits per heavy atom. The second-order valence-electron chi connectivity index (χ2n) is 6.75. The Kier molecular flexibility index (Phi) is 6.15. The van der Waals surface area contributed by atoms with Crippen molar-refractivity contribution in [1.29, 1.82) is 0 Å². The second kappa shape index (κ2) is 8.56. The number of benzene rings is 1. The molecule has 8 heteroatoms. The number of rotatable bonds is 6. The van der Waals surface area contributed by atoms with E-state index in [4.69, 9.17) is 0 Å². The average molecular weight is 390 g/mol. The Bertz CT molecular complexity index is 877. The number of hydrogen-bond acceptors (Lipinski definition) is 4. The highest BCUT2D eigenvalue weighted by Crippen LogP contribution is 2.26. The van der Waals surface area contributed by atoms with Crippen LogP contribution >= 0.6 is 0 Å². The van der Waals surface area contributed by atoms with Crippen molar-refractivity contribution in [1.82, 2.24) is 20.0 Å². The smallest absolute Gasteiger partial charge is 0.193 e. The van der Waals surface area contributed by atoms with Crippen molar-refractivity contribution in [3.8, 4) is 0 Å². The molecule has 1 atom stereocenters. The van der Waals surface area contributed by atoms with Crippen LogP contribution in [0.3, 0.4) is 0 Å². The molecule has 1 aromatic carbocycles. The number of aliphatic imine (C=N–C) groups is 1. The van der Waals surface area contributed by atoms with Gasteiger partial charge in [0.15, 0.2) is 15.8 Å². The lowest BCUT2D eigenvalue weighted by Crippen LogP contribution is -2.40. The number of likely N-dealkylation sites (tertiary alicyclic amines) is 1. The molecule has 0 aliphatic carbocycles. The van der Waals surface area contributed by atoms with Crippen molar-refractivity contribution in [2.75, 3.05) is 31.9 Å². The molecule has 0 saturated carbocycles. The van der Waals surface area contributed by atoms with Gasteiger partial charge in [-0.15, -0.1) is 0 Å². The monoisotopic (exact) mass is 389 g/mol. The summed E-state index contributed by atoms with van der Waals surface area (Å²) in [5, 5.41) is 7.55. The molecular formula is C19H27N5O2S.